The lowest BCUT2D eigenvalue weighted by Gasteiger charge is -2.34. The Balaban J connectivity index is 2.03. The third-order valence-corrected chi connectivity index (χ3v) is 8.76. The number of phosphoric ester groups is 1. The van der Waals surface area contributed by atoms with Crippen LogP contribution in [0.2, 0.25) is 0 Å². The summed E-state index contributed by atoms with van der Waals surface area (Å²) in [5.41, 5.74) is 0. The molecule has 0 amide bonds. The fraction of sp³-hybridized carbons (Fsp3) is 1.00. The minimum atomic E-state index is -4.70. The van der Waals surface area contributed by atoms with Gasteiger partial charge in [0.1, 0.15) is 12.6 Å². The second-order valence-corrected chi connectivity index (χ2v) is 13.8. The van der Waals surface area contributed by atoms with Crippen molar-refractivity contribution in [3.05, 3.63) is 0 Å². The third-order valence-electron chi connectivity index (χ3n) is 6.80. The van der Waals surface area contributed by atoms with E-state index in [4.69, 9.17) is 4.52 Å². The average molecular weight is 508 g/mol. The first kappa shape index (κ1) is 31.4. The zero-order valence-electron chi connectivity index (χ0n) is 22.1. The molecule has 0 aromatic heterocycles. The van der Waals surface area contributed by atoms with E-state index in [2.05, 4.69) is 18.7 Å². The summed E-state index contributed by atoms with van der Waals surface area (Å²) in [6.07, 6.45) is 22.2. The smallest absolute Gasteiger partial charge is 0.265 e. The highest BCUT2D eigenvalue weighted by molar-refractivity contribution is 7.99. The van der Waals surface area contributed by atoms with Gasteiger partial charge in [-0.05, 0) is 37.4 Å². The Bertz CT molecular complexity index is 523. The number of rotatable bonds is 21. The molecule has 4 unspecified atom stereocenters. The SMILES string of the molecule is CCCCCCCCCCCCCCCCSC1CCC(C(C[N+](C)(C)C)OP(=O)([O-])O)C1. The van der Waals surface area contributed by atoms with Crippen LogP contribution < -0.4 is 4.89 Å². The van der Waals surface area contributed by atoms with E-state index in [9.17, 15) is 14.4 Å². The highest BCUT2D eigenvalue weighted by Crippen LogP contribution is 2.42. The van der Waals surface area contributed by atoms with Crippen LogP contribution in [0.3, 0.4) is 0 Å². The molecule has 1 rings (SSSR count). The van der Waals surface area contributed by atoms with Crippen molar-refractivity contribution in [2.45, 2.75) is 127 Å². The lowest BCUT2D eigenvalue weighted by Crippen LogP contribution is -2.45. The molecule has 0 aromatic rings. The largest absolute Gasteiger partial charge is 0.756 e. The van der Waals surface area contributed by atoms with Gasteiger partial charge in [-0.15, -0.1) is 0 Å². The number of nitrogens with zero attached hydrogens (tertiary/aromatic N) is 1. The monoisotopic (exact) mass is 507 g/mol. The van der Waals surface area contributed by atoms with E-state index in [-0.39, 0.29) is 5.92 Å². The Morgan fingerprint density at radius 3 is 1.85 bits per heavy atom. The molecule has 0 heterocycles. The summed E-state index contributed by atoms with van der Waals surface area (Å²) in [5.74, 6) is 1.42. The van der Waals surface area contributed by atoms with Gasteiger partial charge < -0.3 is 18.8 Å². The molecule has 1 fully saturated rings. The standard InChI is InChI=1S/C26H54NO4PS/c1-5-6-7-8-9-10-11-12-13-14-15-16-17-18-21-33-25-20-19-24(22-25)26(23-27(2,3)4)31-32(28,29)30/h24-26H,5-23H2,1-4H3,(H-,28,29,30). The topological polar surface area (TPSA) is 69.6 Å². The number of hydrogen-bond acceptors (Lipinski definition) is 4. The van der Waals surface area contributed by atoms with E-state index in [1.54, 1.807) is 0 Å². The van der Waals surface area contributed by atoms with Crippen LogP contribution in [0.1, 0.15) is 116 Å². The molecule has 4 atom stereocenters. The Morgan fingerprint density at radius 1 is 0.909 bits per heavy atom. The number of phosphoric acid groups is 1. The van der Waals surface area contributed by atoms with Gasteiger partial charge in [0, 0.05) is 5.25 Å². The second-order valence-electron chi connectivity index (χ2n) is 11.2. The maximum atomic E-state index is 11.3. The molecule has 198 valence electrons. The fourth-order valence-corrected chi connectivity index (χ4v) is 6.96. The zero-order chi connectivity index (χ0) is 24.6. The Labute approximate surface area is 209 Å². The molecule has 1 aliphatic carbocycles. The predicted molar refractivity (Wildman–Crippen MR) is 141 cm³/mol. The first-order chi connectivity index (χ1) is 15.6. The van der Waals surface area contributed by atoms with Gasteiger partial charge in [-0.2, -0.15) is 11.8 Å². The van der Waals surface area contributed by atoms with Gasteiger partial charge in [-0.25, -0.2) is 0 Å². The molecule has 0 spiro atoms. The van der Waals surface area contributed by atoms with Crippen LogP contribution in [0, 0.1) is 5.92 Å². The van der Waals surface area contributed by atoms with Gasteiger partial charge in [-0.1, -0.05) is 90.4 Å². The van der Waals surface area contributed by atoms with E-state index in [0.29, 0.717) is 16.3 Å². The molecule has 1 aliphatic rings. The maximum Gasteiger partial charge on any atom is 0.265 e. The van der Waals surface area contributed by atoms with Crippen LogP contribution in [-0.2, 0) is 9.09 Å². The van der Waals surface area contributed by atoms with Crippen molar-refractivity contribution in [1.82, 2.24) is 0 Å². The second kappa shape index (κ2) is 17.8. The Hall–Kier alpha value is 0.420. The predicted octanol–water partition coefficient (Wildman–Crippen LogP) is 6.92. The first-order valence-corrected chi connectivity index (χ1v) is 16.3. The van der Waals surface area contributed by atoms with Crippen molar-refractivity contribution in [2.24, 2.45) is 5.92 Å². The molecule has 1 saturated carbocycles. The van der Waals surface area contributed by atoms with Crippen LogP contribution in [0.25, 0.3) is 0 Å². The van der Waals surface area contributed by atoms with Crippen LogP contribution >= 0.6 is 19.6 Å². The summed E-state index contributed by atoms with van der Waals surface area (Å²) in [6.45, 7) is 2.87. The van der Waals surface area contributed by atoms with Crippen molar-refractivity contribution in [3.8, 4) is 0 Å². The number of thioether (sulfide) groups is 1. The lowest BCUT2D eigenvalue weighted by atomic mass is 10.0. The van der Waals surface area contributed by atoms with E-state index in [1.807, 2.05) is 21.1 Å². The van der Waals surface area contributed by atoms with Gasteiger partial charge in [0.2, 0.25) is 0 Å². The Kier molecular flexibility index (Phi) is 17.0. The fourth-order valence-electron chi connectivity index (χ4n) is 4.99. The summed E-state index contributed by atoms with van der Waals surface area (Å²) >= 11 is 2.06. The molecule has 5 nitrogen and oxygen atoms in total. The lowest BCUT2D eigenvalue weighted by molar-refractivity contribution is -0.873. The van der Waals surface area contributed by atoms with E-state index < -0.39 is 13.9 Å². The van der Waals surface area contributed by atoms with Crippen molar-refractivity contribution in [3.63, 3.8) is 0 Å². The van der Waals surface area contributed by atoms with Gasteiger partial charge in [0.05, 0.1) is 21.1 Å². The molecule has 7 heteroatoms. The van der Waals surface area contributed by atoms with Crippen LogP contribution in [0.5, 0.6) is 0 Å². The zero-order valence-corrected chi connectivity index (χ0v) is 23.9. The van der Waals surface area contributed by atoms with Crippen molar-refractivity contribution < 1.29 is 23.4 Å². The van der Waals surface area contributed by atoms with E-state index >= 15 is 0 Å². The molecule has 0 radical (unpaired) electrons. The molecule has 0 aromatic carbocycles. The van der Waals surface area contributed by atoms with Gasteiger partial charge in [0.15, 0.2) is 0 Å². The van der Waals surface area contributed by atoms with Crippen molar-refractivity contribution in [2.75, 3.05) is 33.4 Å². The highest BCUT2D eigenvalue weighted by Gasteiger charge is 2.36. The van der Waals surface area contributed by atoms with Crippen molar-refractivity contribution >= 4 is 19.6 Å². The van der Waals surface area contributed by atoms with Gasteiger partial charge >= 0.3 is 0 Å². The highest BCUT2D eigenvalue weighted by atomic mass is 32.2. The first-order valence-electron chi connectivity index (χ1n) is 13.7. The third kappa shape index (κ3) is 18.4. The quantitative estimate of drug-likeness (QED) is 0.104. The van der Waals surface area contributed by atoms with Gasteiger partial charge in [0.25, 0.3) is 7.82 Å². The number of unbranched alkanes of at least 4 members (excludes halogenated alkanes) is 13. The summed E-state index contributed by atoms with van der Waals surface area (Å²) in [6, 6.07) is 0. The number of hydrogen-bond donors (Lipinski definition) is 1. The average Bonchev–Trinajstić information content (AvgIpc) is 3.17. The molecular formula is C26H54NO4PS. The molecule has 0 aliphatic heterocycles. The minimum absolute atomic E-state index is 0.214. The van der Waals surface area contributed by atoms with Gasteiger partial charge in [-0.3, -0.25) is 4.57 Å². The molecule has 1 N–H and O–H groups in total. The van der Waals surface area contributed by atoms with E-state index in [1.165, 1.54) is 95.6 Å². The summed E-state index contributed by atoms with van der Waals surface area (Å²) in [5, 5.41) is 0.597. The number of quaternary nitrogens is 1. The van der Waals surface area contributed by atoms with Crippen molar-refractivity contribution in [1.29, 1.82) is 0 Å². The molecular weight excluding hydrogens is 453 g/mol. The minimum Gasteiger partial charge on any atom is -0.756 e. The molecule has 0 bridgehead atoms. The van der Waals surface area contributed by atoms with Crippen LogP contribution in [0.15, 0.2) is 0 Å². The number of likely N-dealkylation sites (N-methyl/N-ethyl adjacent to an activating group) is 1. The van der Waals surface area contributed by atoms with E-state index in [0.717, 1.165) is 19.3 Å². The van der Waals surface area contributed by atoms with Crippen LogP contribution in [-0.4, -0.2) is 54.2 Å². The Morgan fingerprint density at radius 2 is 1.39 bits per heavy atom. The summed E-state index contributed by atoms with van der Waals surface area (Å²) in [7, 11) is 1.38. The molecule has 33 heavy (non-hydrogen) atoms. The maximum absolute atomic E-state index is 11.3. The summed E-state index contributed by atoms with van der Waals surface area (Å²) < 4.78 is 17.1. The summed E-state index contributed by atoms with van der Waals surface area (Å²) in [4.78, 5) is 20.6. The normalized spacial score (nSPS) is 21.9. The molecule has 0 saturated heterocycles. The van der Waals surface area contributed by atoms with Crippen LogP contribution in [0.4, 0.5) is 0 Å².